The minimum atomic E-state index is -2.00. The van der Waals surface area contributed by atoms with Gasteiger partial charge in [0, 0.05) is 0 Å². The van der Waals surface area contributed by atoms with Crippen LogP contribution < -0.4 is 27.9 Å². The molecular formula is C10H15N5O4. The van der Waals surface area contributed by atoms with Crippen LogP contribution in [-0.2, 0) is 19.2 Å². The number of nitrogens with two attached hydrogens (primary N) is 2. The van der Waals surface area contributed by atoms with Crippen molar-refractivity contribution in [1.82, 2.24) is 16.4 Å². The molecule has 1 saturated heterocycles. The zero-order chi connectivity index (χ0) is 14.3. The molecule has 19 heavy (non-hydrogen) atoms. The summed E-state index contributed by atoms with van der Waals surface area (Å²) in [7, 11) is 0. The Labute approximate surface area is 108 Å². The Bertz CT molecular complexity index is 445. The lowest BCUT2D eigenvalue weighted by atomic mass is 9.53. The molecule has 2 fully saturated rings. The van der Waals surface area contributed by atoms with Crippen LogP contribution in [0, 0.1) is 10.8 Å². The van der Waals surface area contributed by atoms with Crippen molar-refractivity contribution in [3.63, 3.8) is 0 Å². The lowest BCUT2D eigenvalue weighted by Crippen LogP contribution is -2.76. The van der Waals surface area contributed by atoms with Gasteiger partial charge in [0.2, 0.25) is 11.8 Å². The summed E-state index contributed by atoms with van der Waals surface area (Å²) in [4.78, 5) is 48.0. The van der Waals surface area contributed by atoms with Gasteiger partial charge >= 0.3 is 0 Å². The van der Waals surface area contributed by atoms with Crippen molar-refractivity contribution in [3.05, 3.63) is 0 Å². The Morgan fingerprint density at radius 2 is 1.42 bits per heavy atom. The Morgan fingerprint density at radius 3 is 1.89 bits per heavy atom. The van der Waals surface area contributed by atoms with E-state index in [-0.39, 0.29) is 12.8 Å². The maximum atomic E-state index is 12.2. The largest absolute Gasteiger partial charge is 0.369 e. The standard InChI is InChI=1S/C10H15N5O4/c11-5(16)9(6(12)17)3-1-2-4-10(9)7(18)13-15-14-8(10)19/h15H,1-4H2,(H2,11,16)(H2,12,17)(H,13,18)(H,14,19). The molecule has 1 aliphatic heterocycles. The van der Waals surface area contributed by atoms with Gasteiger partial charge in [0.05, 0.1) is 0 Å². The second kappa shape index (κ2) is 4.19. The molecule has 1 heterocycles. The van der Waals surface area contributed by atoms with E-state index < -0.39 is 34.5 Å². The van der Waals surface area contributed by atoms with E-state index in [0.29, 0.717) is 12.8 Å². The van der Waals surface area contributed by atoms with Crippen molar-refractivity contribution < 1.29 is 19.2 Å². The molecular weight excluding hydrogens is 254 g/mol. The summed E-state index contributed by atoms with van der Waals surface area (Å²) >= 11 is 0. The normalized spacial score (nSPS) is 24.4. The number of hydrogen-bond donors (Lipinski definition) is 5. The third kappa shape index (κ3) is 1.44. The number of carbonyl (C=O) groups excluding carboxylic acids is 4. The Kier molecular flexibility index (Phi) is 2.93. The molecule has 0 unspecified atom stereocenters. The van der Waals surface area contributed by atoms with E-state index in [2.05, 4.69) is 16.4 Å². The predicted molar refractivity (Wildman–Crippen MR) is 61.1 cm³/mol. The number of carbonyl (C=O) groups is 4. The van der Waals surface area contributed by atoms with Gasteiger partial charge in [0.15, 0.2) is 10.8 Å². The average molecular weight is 269 g/mol. The van der Waals surface area contributed by atoms with Crippen molar-refractivity contribution in [3.8, 4) is 0 Å². The van der Waals surface area contributed by atoms with Crippen LogP contribution >= 0.6 is 0 Å². The first-order valence-electron chi connectivity index (χ1n) is 5.85. The lowest BCUT2D eigenvalue weighted by Gasteiger charge is -2.48. The molecule has 2 rings (SSSR count). The van der Waals surface area contributed by atoms with Crippen molar-refractivity contribution in [2.75, 3.05) is 0 Å². The molecule has 0 atom stereocenters. The molecule has 1 saturated carbocycles. The Balaban J connectivity index is 2.67. The molecule has 1 spiro atoms. The van der Waals surface area contributed by atoms with Gasteiger partial charge in [-0.15, -0.1) is 5.53 Å². The van der Waals surface area contributed by atoms with Gasteiger partial charge < -0.3 is 11.5 Å². The number of rotatable bonds is 2. The highest BCUT2D eigenvalue weighted by Crippen LogP contribution is 2.51. The Hall–Kier alpha value is -2.16. The maximum absolute atomic E-state index is 12.2. The number of hydrazine groups is 2. The van der Waals surface area contributed by atoms with Gasteiger partial charge in [-0.1, -0.05) is 12.8 Å². The average Bonchev–Trinajstić information content (AvgIpc) is 2.35. The van der Waals surface area contributed by atoms with Gasteiger partial charge in [-0.05, 0) is 12.8 Å². The highest BCUT2D eigenvalue weighted by molar-refractivity contribution is 6.19. The topological polar surface area (TPSA) is 156 Å². The van der Waals surface area contributed by atoms with E-state index >= 15 is 0 Å². The summed E-state index contributed by atoms with van der Waals surface area (Å²) in [6.45, 7) is 0. The summed E-state index contributed by atoms with van der Waals surface area (Å²) in [6, 6.07) is 0. The van der Waals surface area contributed by atoms with Crippen LogP contribution in [-0.4, -0.2) is 23.6 Å². The molecule has 2 aliphatic rings. The molecule has 4 amide bonds. The van der Waals surface area contributed by atoms with Crippen LogP contribution in [0.25, 0.3) is 0 Å². The highest BCUT2D eigenvalue weighted by atomic mass is 16.2. The summed E-state index contributed by atoms with van der Waals surface area (Å²) in [5, 5.41) is 0. The first kappa shape index (κ1) is 13.3. The summed E-state index contributed by atoms with van der Waals surface area (Å²) in [5.74, 6) is -3.64. The first-order valence-corrected chi connectivity index (χ1v) is 5.85. The van der Waals surface area contributed by atoms with E-state index in [4.69, 9.17) is 11.5 Å². The summed E-state index contributed by atoms with van der Waals surface area (Å²) in [5.41, 5.74) is 13.3. The van der Waals surface area contributed by atoms with Crippen LogP contribution in [0.4, 0.5) is 0 Å². The van der Waals surface area contributed by atoms with Crippen LogP contribution in [0.2, 0.25) is 0 Å². The van der Waals surface area contributed by atoms with E-state index in [1.165, 1.54) is 0 Å². The maximum Gasteiger partial charge on any atom is 0.252 e. The molecule has 0 aromatic heterocycles. The number of primary amides is 2. The summed E-state index contributed by atoms with van der Waals surface area (Å²) < 4.78 is 0. The van der Waals surface area contributed by atoms with Crippen molar-refractivity contribution in [1.29, 1.82) is 0 Å². The van der Waals surface area contributed by atoms with E-state index in [1.807, 2.05) is 0 Å². The second-order valence-electron chi connectivity index (χ2n) is 4.78. The zero-order valence-electron chi connectivity index (χ0n) is 10.1. The molecule has 1 aliphatic carbocycles. The molecule has 0 aromatic carbocycles. The lowest BCUT2D eigenvalue weighted by molar-refractivity contribution is -0.175. The molecule has 104 valence electrons. The van der Waals surface area contributed by atoms with E-state index in [9.17, 15) is 19.2 Å². The third-order valence-corrected chi connectivity index (χ3v) is 4.05. The fourth-order valence-corrected chi connectivity index (χ4v) is 3.07. The molecule has 9 nitrogen and oxygen atoms in total. The Morgan fingerprint density at radius 1 is 0.947 bits per heavy atom. The van der Waals surface area contributed by atoms with Crippen LogP contribution in [0.1, 0.15) is 25.7 Å². The number of hydrogen-bond acceptors (Lipinski definition) is 5. The fraction of sp³-hybridized carbons (Fsp3) is 0.600. The van der Waals surface area contributed by atoms with Gasteiger partial charge in [0.1, 0.15) is 0 Å². The first-order chi connectivity index (χ1) is 8.89. The second-order valence-corrected chi connectivity index (χ2v) is 4.78. The molecule has 0 aromatic rings. The minimum Gasteiger partial charge on any atom is -0.369 e. The van der Waals surface area contributed by atoms with Crippen LogP contribution in [0.5, 0.6) is 0 Å². The van der Waals surface area contributed by atoms with Gasteiger partial charge in [0.25, 0.3) is 11.8 Å². The van der Waals surface area contributed by atoms with Gasteiger partial charge in [-0.2, -0.15) is 0 Å². The summed E-state index contributed by atoms with van der Waals surface area (Å²) in [6.07, 6.45) is 1.03. The molecule has 0 radical (unpaired) electrons. The molecule has 0 bridgehead atoms. The number of amides is 4. The molecule has 9 heteroatoms. The minimum absolute atomic E-state index is 0.0154. The van der Waals surface area contributed by atoms with E-state index in [1.54, 1.807) is 0 Å². The highest BCUT2D eigenvalue weighted by Gasteiger charge is 2.69. The third-order valence-electron chi connectivity index (χ3n) is 4.05. The smallest absolute Gasteiger partial charge is 0.252 e. The van der Waals surface area contributed by atoms with Gasteiger partial charge in [-0.25, -0.2) is 0 Å². The van der Waals surface area contributed by atoms with Crippen molar-refractivity contribution in [2.45, 2.75) is 25.7 Å². The van der Waals surface area contributed by atoms with Crippen LogP contribution in [0.3, 0.4) is 0 Å². The van der Waals surface area contributed by atoms with Crippen molar-refractivity contribution >= 4 is 23.6 Å². The molecule has 7 N–H and O–H groups in total. The quantitative estimate of drug-likeness (QED) is 0.341. The van der Waals surface area contributed by atoms with E-state index in [0.717, 1.165) is 0 Å². The monoisotopic (exact) mass is 269 g/mol. The predicted octanol–water partition coefficient (Wildman–Crippen LogP) is -2.83. The van der Waals surface area contributed by atoms with Crippen LogP contribution in [0.15, 0.2) is 0 Å². The fourth-order valence-electron chi connectivity index (χ4n) is 3.07. The van der Waals surface area contributed by atoms with Gasteiger partial charge in [-0.3, -0.25) is 30.0 Å². The SMILES string of the molecule is NC(=O)C1(C(N)=O)CCCCC12C(=O)NNNC2=O. The van der Waals surface area contributed by atoms with Crippen molar-refractivity contribution in [2.24, 2.45) is 22.3 Å². The zero-order valence-corrected chi connectivity index (χ0v) is 10.1. The number of nitrogens with one attached hydrogen (secondary N) is 3.